The molecule has 1 aliphatic rings. The number of aromatic nitrogens is 1. The molecule has 0 radical (unpaired) electrons. The molecule has 0 amide bonds. The highest BCUT2D eigenvalue weighted by Gasteiger charge is 2.36. The van der Waals surface area contributed by atoms with Gasteiger partial charge in [0.15, 0.2) is 0 Å². The van der Waals surface area contributed by atoms with Crippen LogP contribution < -0.4 is 4.74 Å². The lowest BCUT2D eigenvalue weighted by atomic mass is 10.0. The molecule has 23 heavy (non-hydrogen) atoms. The van der Waals surface area contributed by atoms with Crippen molar-refractivity contribution in [3.63, 3.8) is 0 Å². The normalized spacial score (nSPS) is 16.4. The molecule has 0 fully saturated rings. The van der Waals surface area contributed by atoms with Gasteiger partial charge in [0, 0.05) is 19.5 Å². The second-order valence-electron chi connectivity index (χ2n) is 6.47. The van der Waals surface area contributed by atoms with E-state index in [2.05, 4.69) is 5.16 Å². The van der Waals surface area contributed by atoms with E-state index in [0.717, 1.165) is 5.56 Å². The second kappa shape index (κ2) is 5.35. The Labute approximate surface area is 136 Å². The quantitative estimate of drug-likeness (QED) is 0.858. The van der Waals surface area contributed by atoms with Crippen molar-refractivity contribution in [3.05, 3.63) is 41.3 Å². The molecule has 0 aliphatic carbocycles. The number of aryl methyl sites for hydroxylation is 1. The van der Waals surface area contributed by atoms with Crippen molar-refractivity contribution in [3.8, 4) is 5.75 Å². The van der Waals surface area contributed by atoms with Gasteiger partial charge in [-0.15, -0.1) is 0 Å². The van der Waals surface area contributed by atoms with Crippen LogP contribution >= 0.6 is 0 Å². The Kier molecular flexibility index (Phi) is 3.72. The summed E-state index contributed by atoms with van der Waals surface area (Å²) < 4.78 is 37.9. The lowest BCUT2D eigenvalue weighted by Crippen LogP contribution is -2.28. The van der Waals surface area contributed by atoms with Crippen LogP contribution in [-0.4, -0.2) is 30.5 Å². The van der Waals surface area contributed by atoms with E-state index in [-0.39, 0.29) is 11.4 Å². The molecule has 7 heteroatoms. The first-order valence-electron chi connectivity index (χ1n) is 7.38. The van der Waals surface area contributed by atoms with Gasteiger partial charge in [-0.25, -0.2) is 8.42 Å². The minimum atomic E-state index is -3.68. The molecule has 0 saturated carbocycles. The van der Waals surface area contributed by atoms with Crippen LogP contribution in [0, 0.1) is 6.92 Å². The first-order valence-corrected chi connectivity index (χ1v) is 8.82. The van der Waals surface area contributed by atoms with Crippen LogP contribution in [0.5, 0.6) is 5.75 Å². The average Bonchev–Trinajstić information content (AvgIpc) is 2.98. The van der Waals surface area contributed by atoms with Gasteiger partial charge in [-0.1, -0.05) is 17.3 Å². The van der Waals surface area contributed by atoms with Crippen LogP contribution in [0.15, 0.2) is 33.7 Å². The van der Waals surface area contributed by atoms with Crippen LogP contribution in [0.4, 0.5) is 0 Å². The third-order valence-electron chi connectivity index (χ3n) is 3.80. The SMILES string of the molecule is Cc1cc(CN(C)S(=O)(=O)c2cccc3c2OC(C)(C)C3)no1. The molecular formula is C16H20N2O4S. The van der Waals surface area contributed by atoms with Gasteiger partial charge in [-0.3, -0.25) is 0 Å². The molecule has 0 bridgehead atoms. The smallest absolute Gasteiger partial charge is 0.246 e. The number of nitrogens with zero attached hydrogens (tertiary/aromatic N) is 2. The highest BCUT2D eigenvalue weighted by atomic mass is 32.2. The predicted molar refractivity (Wildman–Crippen MR) is 84.7 cm³/mol. The van der Waals surface area contributed by atoms with Crippen molar-refractivity contribution in [2.45, 2.75) is 44.2 Å². The van der Waals surface area contributed by atoms with Gasteiger partial charge >= 0.3 is 0 Å². The molecule has 1 aliphatic heterocycles. The van der Waals surface area contributed by atoms with E-state index in [1.807, 2.05) is 19.9 Å². The van der Waals surface area contributed by atoms with Crippen molar-refractivity contribution < 1.29 is 17.7 Å². The fraction of sp³-hybridized carbons (Fsp3) is 0.438. The van der Waals surface area contributed by atoms with Crippen molar-refractivity contribution in [1.82, 2.24) is 9.46 Å². The third kappa shape index (κ3) is 2.98. The lowest BCUT2D eigenvalue weighted by Gasteiger charge is -2.20. The topological polar surface area (TPSA) is 72.6 Å². The van der Waals surface area contributed by atoms with E-state index < -0.39 is 15.6 Å². The number of fused-ring (bicyclic) bond motifs is 1. The largest absolute Gasteiger partial charge is 0.486 e. The zero-order valence-corrected chi connectivity index (χ0v) is 14.5. The zero-order chi connectivity index (χ0) is 16.8. The maximum atomic E-state index is 12.9. The summed E-state index contributed by atoms with van der Waals surface area (Å²) in [5.41, 5.74) is 1.10. The summed E-state index contributed by atoms with van der Waals surface area (Å²) in [6.45, 7) is 5.81. The maximum absolute atomic E-state index is 12.9. The van der Waals surface area contributed by atoms with Crippen molar-refractivity contribution in [2.24, 2.45) is 0 Å². The monoisotopic (exact) mass is 336 g/mol. The highest BCUT2D eigenvalue weighted by Crippen LogP contribution is 2.40. The number of benzene rings is 1. The summed E-state index contributed by atoms with van der Waals surface area (Å²) in [6, 6.07) is 6.97. The number of para-hydroxylation sites is 1. The maximum Gasteiger partial charge on any atom is 0.246 e. The summed E-state index contributed by atoms with van der Waals surface area (Å²) in [7, 11) is -2.15. The number of hydrogen-bond acceptors (Lipinski definition) is 5. The fourth-order valence-corrected chi connectivity index (χ4v) is 4.06. The summed E-state index contributed by atoms with van der Waals surface area (Å²) in [4.78, 5) is 0.197. The number of hydrogen-bond donors (Lipinski definition) is 0. The Balaban J connectivity index is 1.93. The Bertz CT molecular complexity index is 840. The molecule has 2 aromatic rings. The highest BCUT2D eigenvalue weighted by molar-refractivity contribution is 7.89. The fourth-order valence-electron chi connectivity index (χ4n) is 2.76. The van der Waals surface area contributed by atoms with Crippen molar-refractivity contribution >= 4 is 10.0 Å². The van der Waals surface area contributed by atoms with E-state index in [1.165, 1.54) is 11.4 Å². The number of ether oxygens (including phenoxy) is 1. The van der Waals surface area contributed by atoms with Crippen LogP contribution in [0.3, 0.4) is 0 Å². The number of sulfonamides is 1. The van der Waals surface area contributed by atoms with Gasteiger partial charge in [-0.2, -0.15) is 4.31 Å². The third-order valence-corrected chi connectivity index (χ3v) is 5.63. The van der Waals surface area contributed by atoms with E-state index >= 15 is 0 Å². The van der Waals surface area contributed by atoms with Gasteiger partial charge in [0.25, 0.3) is 0 Å². The van der Waals surface area contributed by atoms with Crippen LogP contribution in [-0.2, 0) is 23.0 Å². The van der Waals surface area contributed by atoms with Crippen LogP contribution in [0.25, 0.3) is 0 Å². The van der Waals surface area contributed by atoms with E-state index in [1.54, 1.807) is 25.1 Å². The molecule has 1 aromatic carbocycles. The molecule has 2 heterocycles. The number of rotatable bonds is 4. The minimum Gasteiger partial charge on any atom is -0.486 e. The summed E-state index contributed by atoms with van der Waals surface area (Å²) in [6.07, 6.45) is 0.692. The Hall–Kier alpha value is -1.86. The van der Waals surface area contributed by atoms with Gasteiger partial charge in [0.05, 0.1) is 12.2 Å². The van der Waals surface area contributed by atoms with Crippen LogP contribution in [0.2, 0.25) is 0 Å². The summed E-state index contributed by atoms with van der Waals surface area (Å²) in [5.74, 6) is 1.11. The Morgan fingerprint density at radius 3 is 2.74 bits per heavy atom. The molecule has 0 N–H and O–H groups in total. The first kappa shape index (κ1) is 16.0. The predicted octanol–water partition coefficient (Wildman–Crippen LogP) is 2.52. The molecule has 3 rings (SSSR count). The molecule has 1 aromatic heterocycles. The molecule has 6 nitrogen and oxygen atoms in total. The van der Waals surface area contributed by atoms with Gasteiger partial charge in [-0.05, 0) is 32.4 Å². The summed E-state index contributed by atoms with van der Waals surface area (Å²) in [5, 5.41) is 3.85. The van der Waals surface area contributed by atoms with E-state index in [4.69, 9.17) is 9.26 Å². The van der Waals surface area contributed by atoms with Gasteiger partial charge in [0.1, 0.15) is 22.0 Å². The van der Waals surface area contributed by atoms with Gasteiger partial charge < -0.3 is 9.26 Å². The van der Waals surface area contributed by atoms with Crippen molar-refractivity contribution in [1.29, 1.82) is 0 Å². The minimum absolute atomic E-state index is 0.146. The summed E-state index contributed by atoms with van der Waals surface area (Å²) >= 11 is 0. The average molecular weight is 336 g/mol. The Morgan fingerprint density at radius 1 is 1.35 bits per heavy atom. The van der Waals surface area contributed by atoms with E-state index in [0.29, 0.717) is 23.6 Å². The molecule has 0 spiro atoms. The molecule has 0 unspecified atom stereocenters. The molecule has 0 saturated heterocycles. The standard InChI is InChI=1S/C16H20N2O4S/c1-11-8-13(17-22-11)10-18(4)23(19,20)14-7-5-6-12-9-16(2,3)21-15(12)14/h5-8H,9-10H2,1-4H3. The lowest BCUT2D eigenvalue weighted by molar-refractivity contribution is 0.135. The zero-order valence-electron chi connectivity index (χ0n) is 13.7. The molecule has 0 atom stereocenters. The van der Waals surface area contributed by atoms with Crippen molar-refractivity contribution in [2.75, 3.05) is 7.05 Å². The second-order valence-corrected chi connectivity index (χ2v) is 8.49. The Morgan fingerprint density at radius 2 is 2.09 bits per heavy atom. The van der Waals surface area contributed by atoms with Crippen LogP contribution in [0.1, 0.15) is 30.9 Å². The van der Waals surface area contributed by atoms with E-state index in [9.17, 15) is 8.42 Å². The molecular weight excluding hydrogens is 316 g/mol. The molecule has 124 valence electrons. The first-order chi connectivity index (χ1) is 10.7. The van der Waals surface area contributed by atoms with Gasteiger partial charge in [0.2, 0.25) is 10.0 Å².